The average molecular weight is 219 g/mol. The average Bonchev–Trinajstić information content (AvgIpc) is 2.74. The van der Waals surface area contributed by atoms with E-state index in [-0.39, 0.29) is 11.9 Å². The number of hydrogen-bond acceptors (Lipinski definition) is 3. The molecular formula is C13H17NO2. The summed E-state index contributed by atoms with van der Waals surface area (Å²) in [5.74, 6) is -0.0561. The molecule has 0 amide bonds. The molecule has 3 heteroatoms. The zero-order valence-corrected chi connectivity index (χ0v) is 9.48. The van der Waals surface area contributed by atoms with Crippen LogP contribution in [0.5, 0.6) is 0 Å². The number of carbonyl (C=O) groups is 1. The highest BCUT2D eigenvalue weighted by molar-refractivity contribution is 5.73. The van der Waals surface area contributed by atoms with Crippen LogP contribution in [0, 0.1) is 5.92 Å². The first-order valence-corrected chi connectivity index (χ1v) is 5.69. The summed E-state index contributed by atoms with van der Waals surface area (Å²) in [6.07, 6.45) is 0.883. The number of ether oxygens (including phenoxy) is 1. The fraction of sp³-hybridized carbons (Fsp3) is 0.462. The molecule has 86 valence electrons. The lowest BCUT2D eigenvalue weighted by atomic mass is 10.1. The van der Waals surface area contributed by atoms with Crippen LogP contribution in [0.15, 0.2) is 30.3 Å². The molecule has 0 saturated carbocycles. The first kappa shape index (κ1) is 11.1. The molecular weight excluding hydrogens is 202 g/mol. The molecule has 1 aromatic carbocycles. The number of rotatable bonds is 3. The van der Waals surface area contributed by atoms with E-state index in [1.807, 2.05) is 30.3 Å². The maximum atomic E-state index is 11.7. The lowest BCUT2D eigenvalue weighted by Gasteiger charge is -2.09. The van der Waals surface area contributed by atoms with Gasteiger partial charge in [-0.15, -0.1) is 0 Å². The standard InChI is InChI=1S/C13H17NO2/c1-10-7-12(8-14-10)13(15)16-9-11-5-3-2-4-6-11/h2-6,10,12,14H,7-9H2,1H3. The van der Waals surface area contributed by atoms with E-state index in [2.05, 4.69) is 12.2 Å². The zero-order valence-electron chi connectivity index (χ0n) is 9.48. The van der Waals surface area contributed by atoms with Gasteiger partial charge in [-0.25, -0.2) is 0 Å². The normalized spacial score (nSPS) is 24.3. The molecule has 16 heavy (non-hydrogen) atoms. The molecule has 1 aliphatic heterocycles. The molecule has 1 aliphatic rings. The van der Waals surface area contributed by atoms with Crippen LogP contribution in [0.1, 0.15) is 18.9 Å². The minimum absolute atomic E-state index is 0.0266. The summed E-state index contributed by atoms with van der Waals surface area (Å²) < 4.78 is 5.28. The maximum absolute atomic E-state index is 11.7. The van der Waals surface area contributed by atoms with E-state index in [1.165, 1.54) is 0 Å². The first-order chi connectivity index (χ1) is 7.75. The highest BCUT2D eigenvalue weighted by Gasteiger charge is 2.27. The molecule has 0 aliphatic carbocycles. The summed E-state index contributed by atoms with van der Waals surface area (Å²) in [4.78, 5) is 11.7. The van der Waals surface area contributed by atoms with E-state index in [9.17, 15) is 4.79 Å². The van der Waals surface area contributed by atoms with Crippen molar-refractivity contribution in [2.45, 2.75) is 26.0 Å². The minimum atomic E-state index is -0.0827. The van der Waals surface area contributed by atoms with Crippen LogP contribution in [0.25, 0.3) is 0 Å². The van der Waals surface area contributed by atoms with Crippen molar-refractivity contribution in [3.8, 4) is 0 Å². The summed E-state index contributed by atoms with van der Waals surface area (Å²) in [5.41, 5.74) is 1.04. The van der Waals surface area contributed by atoms with Gasteiger partial charge < -0.3 is 10.1 Å². The quantitative estimate of drug-likeness (QED) is 0.787. The van der Waals surface area contributed by atoms with E-state index in [4.69, 9.17) is 4.74 Å². The van der Waals surface area contributed by atoms with E-state index in [0.717, 1.165) is 18.5 Å². The highest BCUT2D eigenvalue weighted by atomic mass is 16.5. The van der Waals surface area contributed by atoms with Crippen molar-refractivity contribution in [2.75, 3.05) is 6.54 Å². The van der Waals surface area contributed by atoms with Crippen molar-refractivity contribution in [2.24, 2.45) is 5.92 Å². The Morgan fingerprint density at radius 3 is 2.81 bits per heavy atom. The second-order valence-electron chi connectivity index (χ2n) is 4.34. The largest absolute Gasteiger partial charge is 0.461 e. The summed E-state index contributed by atoms with van der Waals surface area (Å²) in [7, 11) is 0. The fourth-order valence-corrected chi connectivity index (χ4v) is 1.96. The van der Waals surface area contributed by atoms with Crippen molar-refractivity contribution in [1.82, 2.24) is 5.32 Å². The SMILES string of the molecule is CC1CC(C(=O)OCc2ccccc2)CN1. The summed E-state index contributed by atoms with van der Waals surface area (Å²) >= 11 is 0. The van der Waals surface area contributed by atoms with E-state index >= 15 is 0 Å². The third-order valence-electron chi connectivity index (χ3n) is 2.91. The number of nitrogens with one attached hydrogen (secondary N) is 1. The van der Waals surface area contributed by atoms with E-state index in [0.29, 0.717) is 12.6 Å². The molecule has 2 rings (SSSR count). The maximum Gasteiger partial charge on any atom is 0.310 e. The van der Waals surface area contributed by atoms with Crippen molar-refractivity contribution in [3.05, 3.63) is 35.9 Å². The number of esters is 1. The highest BCUT2D eigenvalue weighted by Crippen LogP contribution is 2.15. The molecule has 0 aromatic heterocycles. The van der Waals surface area contributed by atoms with Gasteiger partial charge in [0.05, 0.1) is 5.92 Å². The second-order valence-corrected chi connectivity index (χ2v) is 4.34. The van der Waals surface area contributed by atoms with Gasteiger partial charge in [0.15, 0.2) is 0 Å². The number of benzene rings is 1. The second kappa shape index (κ2) is 5.12. The van der Waals surface area contributed by atoms with Crippen LogP contribution in [0.3, 0.4) is 0 Å². The molecule has 0 radical (unpaired) electrons. The summed E-state index contributed by atoms with van der Waals surface area (Å²) in [6.45, 7) is 3.21. The van der Waals surface area contributed by atoms with Gasteiger partial charge in [0.25, 0.3) is 0 Å². The van der Waals surface area contributed by atoms with Crippen LogP contribution in [-0.4, -0.2) is 18.6 Å². The third kappa shape index (κ3) is 2.83. The van der Waals surface area contributed by atoms with Crippen molar-refractivity contribution in [3.63, 3.8) is 0 Å². The summed E-state index contributed by atoms with van der Waals surface area (Å²) in [5, 5.41) is 3.25. The Hall–Kier alpha value is -1.35. The minimum Gasteiger partial charge on any atom is -0.461 e. The lowest BCUT2D eigenvalue weighted by molar-refractivity contribution is -0.149. The van der Waals surface area contributed by atoms with Crippen molar-refractivity contribution in [1.29, 1.82) is 0 Å². The van der Waals surface area contributed by atoms with Gasteiger partial charge in [0.1, 0.15) is 6.61 Å². The molecule has 1 N–H and O–H groups in total. The van der Waals surface area contributed by atoms with Crippen LogP contribution >= 0.6 is 0 Å². The van der Waals surface area contributed by atoms with Gasteiger partial charge in [0.2, 0.25) is 0 Å². The number of hydrogen-bond donors (Lipinski definition) is 1. The topological polar surface area (TPSA) is 38.3 Å². The van der Waals surface area contributed by atoms with Gasteiger partial charge in [-0.3, -0.25) is 4.79 Å². The fourth-order valence-electron chi connectivity index (χ4n) is 1.96. The Bertz CT molecular complexity index is 350. The van der Waals surface area contributed by atoms with Crippen LogP contribution < -0.4 is 5.32 Å². The summed E-state index contributed by atoms with van der Waals surface area (Å²) in [6, 6.07) is 10.2. The molecule has 1 heterocycles. The first-order valence-electron chi connectivity index (χ1n) is 5.69. The Kier molecular flexibility index (Phi) is 3.57. The van der Waals surface area contributed by atoms with Gasteiger partial charge in [-0.2, -0.15) is 0 Å². The molecule has 2 atom stereocenters. The predicted molar refractivity (Wildman–Crippen MR) is 61.8 cm³/mol. The smallest absolute Gasteiger partial charge is 0.310 e. The van der Waals surface area contributed by atoms with Gasteiger partial charge >= 0.3 is 5.97 Å². The van der Waals surface area contributed by atoms with E-state index in [1.54, 1.807) is 0 Å². The Morgan fingerprint density at radius 1 is 1.44 bits per heavy atom. The Balaban J connectivity index is 1.80. The lowest BCUT2D eigenvalue weighted by Crippen LogP contribution is -2.20. The molecule has 0 bridgehead atoms. The van der Waals surface area contributed by atoms with Gasteiger partial charge in [-0.05, 0) is 18.9 Å². The number of carbonyl (C=O) groups excluding carboxylic acids is 1. The monoisotopic (exact) mass is 219 g/mol. The van der Waals surface area contributed by atoms with Gasteiger partial charge in [-0.1, -0.05) is 30.3 Å². The van der Waals surface area contributed by atoms with Gasteiger partial charge in [0, 0.05) is 12.6 Å². The molecule has 3 nitrogen and oxygen atoms in total. The molecule has 2 unspecified atom stereocenters. The molecule has 1 saturated heterocycles. The van der Waals surface area contributed by atoms with Crippen molar-refractivity contribution >= 4 is 5.97 Å². The van der Waals surface area contributed by atoms with Crippen molar-refractivity contribution < 1.29 is 9.53 Å². The Labute approximate surface area is 95.8 Å². The molecule has 1 fully saturated rings. The Morgan fingerprint density at radius 2 is 2.19 bits per heavy atom. The van der Waals surface area contributed by atoms with Crippen LogP contribution in [-0.2, 0) is 16.1 Å². The van der Waals surface area contributed by atoms with Crippen LogP contribution in [0.4, 0.5) is 0 Å². The predicted octanol–water partition coefficient (Wildman–Crippen LogP) is 1.73. The molecule has 0 spiro atoms. The molecule has 1 aromatic rings. The zero-order chi connectivity index (χ0) is 11.4. The van der Waals surface area contributed by atoms with Crippen LogP contribution in [0.2, 0.25) is 0 Å². The third-order valence-corrected chi connectivity index (χ3v) is 2.91. The van der Waals surface area contributed by atoms with E-state index < -0.39 is 0 Å².